The van der Waals surface area contributed by atoms with Crippen LogP contribution in [0.25, 0.3) is 0 Å². The quantitative estimate of drug-likeness (QED) is 0.895. The molecule has 1 aromatic rings. The molecule has 104 valence electrons. The molecule has 0 unspecified atom stereocenters. The average molecular weight is 283 g/mol. The predicted octanol–water partition coefficient (Wildman–Crippen LogP) is 1.79. The van der Waals surface area contributed by atoms with Gasteiger partial charge in [-0.3, -0.25) is 4.79 Å². The van der Waals surface area contributed by atoms with Crippen molar-refractivity contribution in [2.75, 3.05) is 33.3 Å². The number of likely N-dealkylation sites (tertiary alicyclic amines) is 1. The molecule has 1 N–H and O–H groups in total. The van der Waals surface area contributed by atoms with E-state index >= 15 is 0 Å². The maximum absolute atomic E-state index is 12.0. The number of carbonyl (C=O) groups excluding carboxylic acids is 1. The Labute approximate surface area is 118 Å². The Morgan fingerprint density at radius 3 is 3.05 bits per heavy atom. The summed E-state index contributed by atoms with van der Waals surface area (Å²) in [6, 6.07) is 7.19. The molecular weight excluding hydrogens is 264 g/mol. The van der Waals surface area contributed by atoms with Crippen LogP contribution in [0.15, 0.2) is 24.3 Å². The molecule has 2 rings (SSSR count). The van der Waals surface area contributed by atoms with Gasteiger partial charge in [-0.25, -0.2) is 0 Å². The average Bonchev–Trinajstić information content (AvgIpc) is 2.87. The van der Waals surface area contributed by atoms with Gasteiger partial charge in [0.05, 0.1) is 5.02 Å². The van der Waals surface area contributed by atoms with Crippen molar-refractivity contribution in [1.82, 2.24) is 10.2 Å². The minimum absolute atomic E-state index is 0.0264. The number of hydrogen-bond donors (Lipinski definition) is 1. The van der Waals surface area contributed by atoms with Crippen LogP contribution in [-0.4, -0.2) is 44.1 Å². The fourth-order valence-corrected chi connectivity index (χ4v) is 2.50. The Kier molecular flexibility index (Phi) is 5.05. The lowest BCUT2D eigenvalue weighted by molar-refractivity contribution is -0.132. The van der Waals surface area contributed by atoms with Gasteiger partial charge < -0.3 is 15.0 Å². The minimum Gasteiger partial charge on any atom is -0.482 e. The Bertz CT molecular complexity index is 439. The van der Waals surface area contributed by atoms with E-state index in [1.807, 2.05) is 24.1 Å². The number of nitrogens with one attached hydrogen (secondary N) is 1. The second-order valence-corrected chi connectivity index (χ2v) is 5.18. The smallest absolute Gasteiger partial charge is 0.260 e. The molecule has 1 saturated heterocycles. The molecular formula is C14H19ClN2O2. The Morgan fingerprint density at radius 1 is 1.53 bits per heavy atom. The molecule has 1 aliphatic heterocycles. The predicted molar refractivity (Wildman–Crippen MR) is 75.6 cm³/mol. The number of halogens is 1. The molecule has 4 nitrogen and oxygen atoms in total. The number of benzene rings is 1. The van der Waals surface area contributed by atoms with Crippen molar-refractivity contribution in [1.29, 1.82) is 0 Å². The van der Waals surface area contributed by atoms with Gasteiger partial charge in [-0.15, -0.1) is 0 Å². The molecule has 19 heavy (non-hydrogen) atoms. The van der Waals surface area contributed by atoms with Crippen LogP contribution >= 0.6 is 11.6 Å². The van der Waals surface area contributed by atoms with Crippen molar-refractivity contribution in [3.63, 3.8) is 0 Å². The summed E-state index contributed by atoms with van der Waals surface area (Å²) >= 11 is 5.97. The van der Waals surface area contributed by atoms with E-state index in [-0.39, 0.29) is 12.5 Å². The highest BCUT2D eigenvalue weighted by Crippen LogP contribution is 2.23. The van der Waals surface area contributed by atoms with E-state index in [1.54, 1.807) is 12.1 Å². The highest BCUT2D eigenvalue weighted by Gasteiger charge is 2.25. The zero-order valence-corrected chi connectivity index (χ0v) is 11.8. The van der Waals surface area contributed by atoms with Crippen LogP contribution < -0.4 is 10.1 Å². The van der Waals surface area contributed by atoms with Gasteiger partial charge in [-0.1, -0.05) is 23.7 Å². The number of para-hydroxylation sites is 1. The molecule has 1 heterocycles. The Hall–Kier alpha value is -1.26. The van der Waals surface area contributed by atoms with Gasteiger partial charge in [0.25, 0.3) is 5.91 Å². The van der Waals surface area contributed by atoms with Gasteiger partial charge in [0.1, 0.15) is 5.75 Å². The standard InChI is InChI=1S/C14H19ClN2O2/c1-16-8-11-6-7-17(9-11)14(18)10-19-13-5-3-2-4-12(13)15/h2-5,11,16H,6-10H2,1H3/t11-/m0/s1. The molecule has 0 saturated carbocycles. The monoisotopic (exact) mass is 282 g/mol. The summed E-state index contributed by atoms with van der Waals surface area (Å²) in [5, 5.41) is 3.68. The number of amides is 1. The molecule has 1 aliphatic rings. The number of rotatable bonds is 5. The molecule has 0 bridgehead atoms. The fourth-order valence-electron chi connectivity index (χ4n) is 2.31. The van der Waals surface area contributed by atoms with Crippen molar-refractivity contribution < 1.29 is 9.53 Å². The van der Waals surface area contributed by atoms with Crippen LogP contribution in [0.1, 0.15) is 6.42 Å². The first-order valence-electron chi connectivity index (χ1n) is 6.50. The van der Waals surface area contributed by atoms with E-state index < -0.39 is 0 Å². The van der Waals surface area contributed by atoms with Gasteiger partial charge >= 0.3 is 0 Å². The van der Waals surface area contributed by atoms with Gasteiger partial charge in [-0.2, -0.15) is 0 Å². The van der Waals surface area contributed by atoms with E-state index in [1.165, 1.54) is 0 Å². The summed E-state index contributed by atoms with van der Waals surface area (Å²) in [6.07, 6.45) is 1.05. The lowest BCUT2D eigenvalue weighted by atomic mass is 10.1. The molecule has 0 aliphatic carbocycles. The molecule has 0 aromatic heterocycles. The molecule has 5 heteroatoms. The summed E-state index contributed by atoms with van der Waals surface area (Å²) in [4.78, 5) is 13.9. The topological polar surface area (TPSA) is 41.6 Å². The van der Waals surface area contributed by atoms with E-state index in [9.17, 15) is 4.79 Å². The Balaban J connectivity index is 1.81. The van der Waals surface area contributed by atoms with Crippen molar-refractivity contribution >= 4 is 17.5 Å². The largest absolute Gasteiger partial charge is 0.482 e. The summed E-state index contributed by atoms with van der Waals surface area (Å²) in [7, 11) is 1.94. The van der Waals surface area contributed by atoms with Crippen molar-refractivity contribution in [3.8, 4) is 5.75 Å². The van der Waals surface area contributed by atoms with Crippen molar-refractivity contribution in [2.45, 2.75) is 6.42 Å². The lowest BCUT2D eigenvalue weighted by Gasteiger charge is -2.17. The van der Waals surface area contributed by atoms with Crippen LogP contribution in [0.3, 0.4) is 0 Å². The number of nitrogens with zero attached hydrogens (tertiary/aromatic N) is 1. The molecule has 0 radical (unpaired) electrons. The van der Waals surface area contributed by atoms with Gasteiger partial charge in [-0.05, 0) is 38.1 Å². The second kappa shape index (κ2) is 6.78. The molecule has 1 atom stereocenters. The van der Waals surface area contributed by atoms with E-state index in [2.05, 4.69) is 5.32 Å². The van der Waals surface area contributed by atoms with Gasteiger partial charge in [0.15, 0.2) is 6.61 Å². The third-order valence-electron chi connectivity index (χ3n) is 3.32. The maximum atomic E-state index is 12.0. The summed E-state index contributed by atoms with van der Waals surface area (Å²) in [5.41, 5.74) is 0. The fraction of sp³-hybridized carbons (Fsp3) is 0.500. The van der Waals surface area contributed by atoms with Gasteiger partial charge in [0, 0.05) is 13.1 Å². The third kappa shape index (κ3) is 3.85. The van der Waals surface area contributed by atoms with Crippen LogP contribution in [0, 0.1) is 5.92 Å². The molecule has 1 aromatic carbocycles. The van der Waals surface area contributed by atoms with Crippen LogP contribution in [-0.2, 0) is 4.79 Å². The Morgan fingerprint density at radius 2 is 2.32 bits per heavy atom. The summed E-state index contributed by atoms with van der Waals surface area (Å²) in [6.45, 7) is 2.63. The second-order valence-electron chi connectivity index (χ2n) is 4.77. The van der Waals surface area contributed by atoms with Gasteiger partial charge in [0.2, 0.25) is 0 Å². The number of carbonyl (C=O) groups is 1. The molecule has 0 spiro atoms. The summed E-state index contributed by atoms with van der Waals surface area (Å²) < 4.78 is 5.47. The maximum Gasteiger partial charge on any atom is 0.260 e. The van der Waals surface area contributed by atoms with Crippen LogP contribution in [0.4, 0.5) is 0 Å². The molecule has 1 fully saturated rings. The first-order chi connectivity index (χ1) is 9.20. The van der Waals surface area contributed by atoms with Crippen molar-refractivity contribution in [3.05, 3.63) is 29.3 Å². The van der Waals surface area contributed by atoms with Crippen LogP contribution in [0.2, 0.25) is 5.02 Å². The zero-order chi connectivity index (χ0) is 13.7. The van der Waals surface area contributed by atoms with E-state index in [4.69, 9.17) is 16.3 Å². The first kappa shape index (κ1) is 14.2. The number of hydrogen-bond acceptors (Lipinski definition) is 3. The first-order valence-corrected chi connectivity index (χ1v) is 6.88. The highest BCUT2D eigenvalue weighted by molar-refractivity contribution is 6.32. The number of ether oxygens (including phenoxy) is 1. The van der Waals surface area contributed by atoms with Crippen LogP contribution in [0.5, 0.6) is 5.75 Å². The third-order valence-corrected chi connectivity index (χ3v) is 3.63. The molecule has 1 amide bonds. The summed E-state index contributed by atoms with van der Waals surface area (Å²) in [5.74, 6) is 1.14. The minimum atomic E-state index is 0.0264. The zero-order valence-electron chi connectivity index (χ0n) is 11.1. The SMILES string of the molecule is CNC[C@@H]1CCN(C(=O)COc2ccccc2Cl)C1. The van der Waals surface area contributed by atoms with E-state index in [0.717, 1.165) is 26.1 Å². The normalized spacial score (nSPS) is 18.6. The highest BCUT2D eigenvalue weighted by atomic mass is 35.5. The lowest BCUT2D eigenvalue weighted by Crippen LogP contribution is -2.34. The van der Waals surface area contributed by atoms with Crippen molar-refractivity contribution in [2.24, 2.45) is 5.92 Å². The van der Waals surface area contributed by atoms with E-state index in [0.29, 0.717) is 16.7 Å².